The average Bonchev–Trinajstić information content (AvgIpc) is 3.22. The number of piperidine rings is 1. The number of aromatic nitrogens is 5. The summed E-state index contributed by atoms with van der Waals surface area (Å²) < 4.78 is 1.98. The standard InChI is InChI=1S/C27H34N8/c1-18-14-19(2)23(33(3)4)16-22(18)30-26-24-25(29-17-34(24)5)31-27(32-26)35-12-8-21(9-13-35)15-20-6-10-28-11-7-20/h6-7,10-11,14,16-17,21H,8-9,12-13,15H2,1-5H3,(H,30,31,32). The zero-order chi connectivity index (χ0) is 24.5. The van der Waals surface area contributed by atoms with Gasteiger partial charge in [-0.2, -0.15) is 9.97 Å². The van der Waals surface area contributed by atoms with E-state index < -0.39 is 0 Å². The number of benzene rings is 1. The molecule has 0 spiro atoms. The van der Waals surface area contributed by atoms with Gasteiger partial charge in [-0.3, -0.25) is 4.98 Å². The Morgan fingerprint density at radius 2 is 1.77 bits per heavy atom. The number of imidazole rings is 1. The molecule has 0 saturated carbocycles. The second kappa shape index (κ2) is 9.52. The lowest BCUT2D eigenvalue weighted by Gasteiger charge is -2.32. The summed E-state index contributed by atoms with van der Waals surface area (Å²) in [6.07, 6.45) is 8.92. The minimum Gasteiger partial charge on any atom is -0.377 e. The molecule has 4 aromatic rings. The summed E-state index contributed by atoms with van der Waals surface area (Å²) >= 11 is 0. The van der Waals surface area contributed by atoms with Gasteiger partial charge < -0.3 is 19.7 Å². The van der Waals surface area contributed by atoms with Gasteiger partial charge in [0.1, 0.15) is 5.52 Å². The summed E-state index contributed by atoms with van der Waals surface area (Å²) in [4.78, 5) is 23.0. The van der Waals surface area contributed by atoms with Crippen LogP contribution >= 0.6 is 0 Å². The molecule has 1 aliphatic heterocycles. The first-order chi connectivity index (χ1) is 16.9. The van der Waals surface area contributed by atoms with Crippen LogP contribution in [0.5, 0.6) is 0 Å². The maximum Gasteiger partial charge on any atom is 0.229 e. The van der Waals surface area contributed by atoms with Crippen molar-refractivity contribution in [1.29, 1.82) is 0 Å². The van der Waals surface area contributed by atoms with Gasteiger partial charge in [-0.25, -0.2) is 4.98 Å². The Hall–Kier alpha value is -3.68. The van der Waals surface area contributed by atoms with Crippen LogP contribution in [0.2, 0.25) is 0 Å². The number of rotatable bonds is 6. The van der Waals surface area contributed by atoms with Crippen LogP contribution in [0.3, 0.4) is 0 Å². The van der Waals surface area contributed by atoms with Gasteiger partial charge in [-0.15, -0.1) is 0 Å². The smallest absolute Gasteiger partial charge is 0.229 e. The van der Waals surface area contributed by atoms with Gasteiger partial charge in [0.2, 0.25) is 5.95 Å². The van der Waals surface area contributed by atoms with Crippen molar-refractivity contribution in [3.8, 4) is 0 Å². The van der Waals surface area contributed by atoms with Crippen LogP contribution < -0.4 is 15.1 Å². The second-order valence-corrected chi connectivity index (χ2v) is 9.86. The Bertz CT molecular complexity index is 1320. The molecule has 182 valence electrons. The molecule has 8 heteroatoms. The van der Waals surface area contributed by atoms with Crippen LogP contribution in [0.4, 0.5) is 23.1 Å². The molecule has 0 atom stereocenters. The van der Waals surface area contributed by atoms with Crippen LogP contribution in [0.15, 0.2) is 43.0 Å². The Labute approximate surface area is 207 Å². The second-order valence-electron chi connectivity index (χ2n) is 9.86. The molecule has 3 aromatic heterocycles. The Morgan fingerprint density at radius 3 is 2.49 bits per heavy atom. The molecular weight excluding hydrogens is 436 g/mol. The third-order valence-electron chi connectivity index (χ3n) is 7.01. The molecular formula is C27H34N8. The quantitative estimate of drug-likeness (QED) is 0.440. The highest BCUT2D eigenvalue weighted by Crippen LogP contribution is 2.32. The van der Waals surface area contributed by atoms with Gasteiger partial charge in [0.15, 0.2) is 11.5 Å². The van der Waals surface area contributed by atoms with Crippen molar-refractivity contribution in [2.75, 3.05) is 42.3 Å². The van der Waals surface area contributed by atoms with Gasteiger partial charge >= 0.3 is 0 Å². The predicted octanol–water partition coefficient (Wildman–Crippen LogP) is 4.64. The van der Waals surface area contributed by atoms with Crippen LogP contribution in [0, 0.1) is 19.8 Å². The van der Waals surface area contributed by atoms with E-state index in [1.165, 1.54) is 22.4 Å². The van der Waals surface area contributed by atoms with Gasteiger partial charge in [0.05, 0.1) is 6.33 Å². The first-order valence-electron chi connectivity index (χ1n) is 12.3. The van der Waals surface area contributed by atoms with Crippen molar-refractivity contribution in [2.24, 2.45) is 13.0 Å². The minimum atomic E-state index is 0.671. The summed E-state index contributed by atoms with van der Waals surface area (Å²) in [6.45, 7) is 6.17. The van der Waals surface area contributed by atoms with Crippen molar-refractivity contribution in [3.05, 3.63) is 59.7 Å². The minimum absolute atomic E-state index is 0.671. The topological polar surface area (TPSA) is 75.0 Å². The SMILES string of the molecule is Cc1cc(C)c(N(C)C)cc1Nc1nc(N2CCC(Cc3ccncc3)CC2)nc2ncn(C)c12. The third kappa shape index (κ3) is 4.78. The summed E-state index contributed by atoms with van der Waals surface area (Å²) in [5.74, 6) is 2.21. The first kappa shape index (κ1) is 23.1. The molecule has 35 heavy (non-hydrogen) atoms. The predicted molar refractivity (Wildman–Crippen MR) is 143 cm³/mol. The van der Waals surface area contributed by atoms with Crippen molar-refractivity contribution in [2.45, 2.75) is 33.1 Å². The van der Waals surface area contributed by atoms with E-state index in [0.717, 1.165) is 61.0 Å². The Balaban J connectivity index is 1.41. The largest absolute Gasteiger partial charge is 0.377 e. The van der Waals surface area contributed by atoms with E-state index in [0.29, 0.717) is 5.92 Å². The van der Waals surface area contributed by atoms with Crippen LogP contribution in [-0.2, 0) is 13.5 Å². The highest BCUT2D eigenvalue weighted by atomic mass is 15.3. The van der Waals surface area contributed by atoms with Gasteiger partial charge in [0, 0.05) is 58.0 Å². The lowest BCUT2D eigenvalue weighted by molar-refractivity contribution is 0.401. The van der Waals surface area contributed by atoms with Crippen molar-refractivity contribution >= 4 is 34.3 Å². The number of pyridine rings is 1. The summed E-state index contributed by atoms with van der Waals surface area (Å²) in [7, 11) is 6.13. The van der Waals surface area contributed by atoms with E-state index in [2.05, 4.69) is 77.3 Å². The molecule has 0 radical (unpaired) electrons. The number of anilines is 4. The fourth-order valence-corrected chi connectivity index (χ4v) is 5.05. The van der Waals surface area contributed by atoms with Crippen molar-refractivity contribution in [1.82, 2.24) is 24.5 Å². The molecule has 8 nitrogen and oxygen atoms in total. The number of aryl methyl sites for hydroxylation is 3. The summed E-state index contributed by atoms with van der Waals surface area (Å²) in [5.41, 5.74) is 7.65. The van der Waals surface area contributed by atoms with Crippen LogP contribution in [0.25, 0.3) is 11.2 Å². The number of nitrogens with zero attached hydrogens (tertiary/aromatic N) is 7. The highest BCUT2D eigenvalue weighted by molar-refractivity contribution is 5.87. The fraction of sp³-hybridized carbons (Fsp3) is 0.407. The van der Waals surface area contributed by atoms with Crippen molar-refractivity contribution < 1.29 is 0 Å². The maximum absolute atomic E-state index is 5.02. The van der Waals surface area contributed by atoms with E-state index in [4.69, 9.17) is 9.97 Å². The molecule has 0 unspecified atom stereocenters. The Morgan fingerprint density at radius 1 is 1.03 bits per heavy atom. The number of hydrogen-bond donors (Lipinski definition) is 1. The number of hydrogen-bond acceptors (Lipinski definition) is 7. The van der Waals surface area contributed by atoms with E-state index in [-0.39, 0.29) is 0 Å². The van der Waals surface area contributed by atoms with Crippen LogP contribution in [-0.4, -0.2) is 51.7 Å². The normalized spacial score (nSPS) is 14.5. The highest BCUT2D eigenvalue weighted by Gasteiger charge is 2.23. The number of fused-ring (bicyclic) bond motifs is 1. The third-order valence-corrected chi connectivity index (χ3v) is 7.01. The monoisotopic (exact) mass is 470 g/mol. The van der Waals surface area contributed by atoms with Crippen molar-refractivity contribution in [3.63, 3.8) is 0 Å². The van der Waals surface area contributed by atoms with E-state index >= 15 is 0 Å². The molecule has 0 aliphatic carbocycles. The Kier molecular flexibility index (Phi) is 6.28. The average molecular weight is 471 g/mol. The van der Waals surface area contributed by atoms with E-state index in [1.807, 2.05) is 30.3 Å². The lowest BCUT2D eigenvalue weighted by atomic mass is 9.90. The van der Waals surface area contributed by atoms with Gasteiger partial charge in [0.25, 0.3) is 0 Å². The number of nitrogens with one attached hydrogen (secondary N) is 1. The zero-order valence-corrected chi connectivity index (χ0v) is 21.3. The lowest BCUT2D eigenvalue weighted by Crippen LogP contribution is -2.35. The molecule has 1 saturated heterocycles. The molecule has 4 heterocycles. The molecule has 5 rings (SSSR count). The van der Waals surface area contributed by atoms with E-state index in [9.17, 15) is 0 Å². The summed E-state index contributed by atoms with van der Waals surface area (Å²) in [5, 5.41) is 3.61. The van der Waals surface area contributed by atoms with Crippen LogP contribution in [0.1, 0.15) is 29.5 Å². The maximum atomic E-state index is 5.02. The molecule has 1 aromatic carbocycles. The zero-order valence-electron chi connectivity index (χ0n) is 21.3. The van der Waals surface area contributed by atoms with Gasteiger partial charge in [-0.1, -0.05) is 6.07 Å². The van der Waals surface area contributed by atoms with Gasteiger partial charge in [-0.05, 0) is 73.9 Å². The molecule has 1 N–H and O–H groups in total. The summed E-state index contributed by atoms with van der Waals surface area (Å²) in [6, 6.07) is 8.65. The molecule has 1 aliphatic rings. The van der Waals surface area contributed by atoms with E-state index in [1.54, 1.807) is 0 Å². The first-order valence-corrected chi connectivity index (χ1v) is 12.3. The fourth-order valence-electron chi connectivity index (χ4n) is 5.05. The molecule has 0 bridgehead atoms. The molecule has 0 amide bonds. The molecule has 1 fully saturated rings.